The zero-order chi connectivity index (χ0) is 15.4. The first-order valence-corrected chi connectivity index (χ1v) is 8.11. The third kappa shape index (κ3) is 1.77. The Balaban J connectivity index is 1.69. The van der Waals surface area contributed by atoms with E-state index in [0.29, 0.717) is 0 Å². The Morgan fingerprint density at radius 2 is 2.04 bits per heavy atom. The number of fused-ring (bicyclic) bond motifs is 3. The van der Waals surface area contributed by atoms with Gasteiger partial charge in [-0.25, -0.2) is 9.97 Å². The minimum atomic E-state index is 0.221. The summed E-state index contributed by atoms with van der Waals surface area (Å²) in [5, 5.41) is 1.09. The first-order chi connectivity index (χ1) is 11.3. The van der Waals surface area contributed by atoms with Crippen molar-refractivity contribution in [3.63, 3.8) is 0 Å². The minimum Gasteiger partial charge on any atom is -0.346 e. The molecule has 4 heterocycles. The molecule has 1 aromatic carbocycles. The molecule has 0 saturated carbocycles. The van der Waals surface area contributed by atoms with Gasteiger partial charge in [-0.2, -0.15) is 0 Å². The first-order valence-electron chi connectivity index (χ1n) is 8.11. The Kier molecular flexibility index (Phi) is 2.59. The predicted molar refractivity (Wildman–Crippen MR) is 91.1 cm³/mol. The van der Waals surface area contributed by atoms with Crippen LogP contribution in [0.1, 0.15) is 12.0 Å². The van der Waals surface area contributed by atoms with Crippen molar-refractivity contribution in [3.8, 4) is 0 Å². The molecule has 116 valence electrons. The van der Waals surface area contributed by atoms with Crippen molar-refractivity contribution in [1.82, 2.24) is 19.9 Å². The molecule has 1 fully saturated rings. The topological polar surface area (TPSA) is 48.1 Å². The molecule has 1 N–H and O–H groups in total. The van der Waals surface area contributed by atoms with E-state index in [4.69, 9.17) is 0 Å². The van der Waals surface area contributed by atoms with Gasteiger partial charge in [0, 0.05) is 30.4 Å². The molecule has 5 nitrogen and oxygen atoms in total. The van der Waals surface area contributed by atoms with Crippen molar-refractivity contribution in [2.24, 2.45) is 0 Å². The SMILES string of the molecule is CN1CCC2(C1)CN(c1ncnc3[nH]ccc13)c1ccccc12. The molecule has 0 radical (unpaired) electrons. The minimum absolute atomic E-state index is 0.221. The molecule has 1 saturated heterocycles. The lowest BCUT2D eigenvalue weighted by Gasteiger charge is -2.25. The molecule has 2 aromatic heterocycles. The molecule has 3 aromatic rings. The van der Waals surface area contributed by atoms with Gasteiger partial charge in [0.15, 0.2) is 0 Å². The van der Waals surface area contributed by atoms with E-state index in [2.05, 4.69) is 62.1 Å². The number of hydrogen-bond acceptors (Lipinski definition) is 4. The van der Waals surface area contributed by atoms with E-state index in [9.17, 15) is 0 Å². The Morgan fingerprint density at radius 1 is 1.13 bits per heavy atom. The monoisotopic (exact) mass is 305 g/mol. The number of likely N-dealkylation sites (N-methyl/N-ethyl adjacent to an activating group) is 1. The summed E-state index contributed by atoms with van der Waals surface area (Å²) < 4.78 is 0. The molecule has 0 aliphatic carbocycles. The van der Waals surface area contributed by atoms with Crippen molar-refractivity contribution in [1.29, 1.82) is 0 Å². The lowest BCUT2D eigenvalue weighted by Crippen LogP contribution is -2.34. The fourth-order valence-electron chi connectivity index (χ4n) is 4.32. The van der Waals surface area contributed by atoms with Crippen molar-refractivity contribution in [2.45, 2.75) is 11.8 Å². The number of anilines is 2. The van der Waals surface area contributed by atoms with Crippen LogP contribution in [-0.4, -0.2) is 46.5 Å². The Bertz CT molecular complexity index is 886. The summed E-state index contributed by atoms with van der Waals surface area (Å²) >= 11 is 0. The quantitative estimate of drug-likeness (QED) is 0.751. The van der Waals surface area contributed by atoms with Crippen molar-refractivity contribution in [3.05, 3.63) is 48.4 Å². The smallest absolute Gasteiger partial charge is 0.145 e. The summed E-state index contributed by atoms with van der Waals surface area (Å²) in [7, 11) is 2.22. The lowest BCUT2D eigenvalue weighted by molar-refractivity contribution is 0.378. The maximum Gasteiger partial charge on any atom is 0.145 e. The highest BCUT2D eigenvalue weighted by Gasteiger charge is 2.47. The number of aromatic amines is 1. The molecule has 1 spiro atoms. The zero-order valence-corrected chi connectivity index (χ0v) is 13.2. The number of benzene rings is 1. The van der Waals surface area contributed by atoms with E-state index in [0.717, 1.165) is 36.5 Å². The summed E-state index contributed by atoms with van der Waals surface area (Å²) in [6.07, 6.45) is 4.80. The van der Waals surface area contributed by atoms with Crippen LogP contribution in [0.2, 0.25) is 0 Å². The highest BCUT2D eigenvalue weighted by Crippen LogP contribution is 2.49. The number of nitrogens with zero attached hydrogens (tertiary/aromatic N) is 4. The molecular weight excluding hydrogens is 286 g/mol. The second kappa shape index (κ2) is 4.55. The largest absolute Gasteiger partial charge is 0.346 e. The van der Waals surface area contributed by atoms with Crippen LogP contribution < -0.4 is 4.90 Å². The van der Waals surface area contributed by atoms with Crippen LogP contribution in [0.5, 0.6) is 0 Å². The van der Waals surface area contributed by atoms with Crippen LogP contribution in [0.3, 0.4) is 0 Å². The maximum absolute atomic E-state index is 4.61. The van der Waals surface area contributed by atoms with Crippen LogP contribution in [0.25, 0.3) is 11.0 Å². The van der Waals surface area contributed by atoms with Gasteiger partial charge in [-0.3, -0.25) is 0 Å². The Labute approximate surface area is 135 Å². The van der Waals surface area contributed by atoms with E-state index in [1.54, 1.807) is 6.33 Å². The molecule has 1 atom stereocenters. The summed E-state index contributed by atoms with van der Waals surface area (Å²) in [4.78, 5) is 17.0. The number of likely N-dealkylation sites (tertiary alicyclic amines) is 1. The van der Waals surface area contributed by atoms with E-state index in [1.807, 2.05) is 6.20 Å². The molecule has 1 unspecified atom stereocenters. The fraction of sp³-hybridized carbons (Fsp3) is 0.333. The van der Waals surface area contributed by atoms with Crippen LogP contribution in [0.15, 0.2) is 42.9 Å². The van der Waals surface area contributed by atoms with E-state index >= 15 is 0 Å². The summed E-state index contributed by atoms with van der Waals surface area (Å²) in [6.45, 7) is 3.27. The van der Waals surface area contributed by atoms with Gasteiger partial charge in [-0.1, -0.05) is 18.2 Å². The molecule has 2 aliphatic heterocycles. The van der Waals surface area contributed by atoms with Gasteiger partial charge in [0.05, 0.1) is 5.39 Å². The summed E-state index contributed by atoms with van der Waals surface area (Å²) in [5.41, 5.74) is 3.88. The van der Waals surface area contributed by atoms with Gasteiger partial charge in [0.2, 0.25) is 0 Å². The molecule has 5 heteroatoms. The predicted octanol–water partition coefficient (Wildman–Crippen LogP) is 2.68. The second-order valence-electron chi connectivity index (χ2n) is 6.81. The fourth-order valence-corrected chi connectivity index (χ4v) is 4.32. The summed E-state index contributed by atoms with van der Waals surface area (Å²) in [5.74, 6) is 1.01. The lowest BCUT2D eigenvalue weighted by atomic mass is 9.82. The highest BCUT2D eigenvalue weighted by atomic mass is 15.3. The maximum atomic E-state index is 4.61. The molecule has 23 heavy (non-hydrogen) atoms. The van der Waals surface area contributed by atoms with Crippen LogP contribution in [0, 0.1) is 0 Å². The third-order valence-corrected chi connectivity index (χ3v) is 5.36. The van der Waals surface area contributed by atoms with Gasteiger partial charge in [-0.05, 0) is 37.7 Å². The van der Waals surface area contributed by atoms with E-state index in [-0.39, 0.29) is 5.41 Å². The number of nitrogens with one attached hydrogen (secondary N) is 1. The zero-order valence-electron chi connectivity index (χ0n) is 13.2. The Morgan fingerprint density at radius 3 is 2.91 bits per heavy atom. The molecule has 0 amide bonds. The van der Waals surface area contributed by atoms with Crippen molar-refractivity contribution >= 4 is 22.5 Å². The van der Waals surface area contributed by atoms with Crippen molar-refractivity contribution in [2.75, 3.05) is 31.6 Å². The normalized spacial score (nSPS) is 24.0. The van der Waals surface area contributed by atoms with Gasteiger partial charge >= 0.3 is 0 Å². The highest BCUT2D eigenvalue weighted by molar-refractivity contribution is 5.91. The van der Waals surface area contributed by atoms with Gasteiger partial charge in [-0.15, -0.1) is 0 Å². The average molecular weight is 305 g/mol. The first kappa shape index (κ1) is 13.1. The third-order valence-electron chi connectivity index (χ3n) is 5.36. The van der Waals surface area contributed by atoms with Crippen LogP contribution in [-0.2, 0) is 5.41 Å². The second-order valence-corrected chi connectivity index (χ2v) is 6.81. The van der Waals surface area contributed by atoms with Gasteiger partial charge < -0.3 is 14.8 Å². The molecule has 2 aliphatic rings. The van der Waals surface area contributed by atoms with Crippen molar-refractivity contribution < 1.29 is 0 Å². The molecular formula is C18H19N5. The number of hydrogen-bond donors (Lipinski definition) is 1. The number of aromatic nitrogens is 3. The number of H-pyrrole nitrogens is 1. The number of para-hydroxylation sites is 1. The molecule has 5 rings (SSSR count). The average Bonchev–Trinajstić information content (AvgIpc) is 3.26. The van der Waals surface area contributed by atoms with E-state index in [1.165, 1.54) is 17.7 Å². The Hall–Kier alpha value is -2.40. The van der Waals surface area contributed by atoms with E-state index < -0.39 is 0 Å². The van der Waals surface area contributed by atoms with Crippen LogP contribution in [0.4, 0.5) is 11.5 Å². The standard InChI is InChI=1S/C18H19N5/c1-22-9-7-18(10-22)11-23(15-5-3-2-4-14(15)18)17-13-6-8-19-16(13)20-12-21-17/h2-6,8,12H,7,9-11H2,1H3,(H,19,20,21). The van der Waals surface area contributed by atoms with Gasteiger partial charge in [0.1, 0.15) is 17.8 Å². The summed E-state index contributed by atoms with van der Waals surface area (Å²) in [6, 6.07) is 10.9. The number of rotatable bonds is 1. The van der Waals surface area contributed by atoms with Crippen LogP contribution >= 0.6 is 0 Å². The molecule has 0 bridgehead atoms. The van der Waals surface area contributed by atoms with Gasteiger partial charge in [0.25, 0.3) is 0 Å².